The van der Waals surface area contributed by atoms with Gasteiger partial charge in [0, 0.05) is 93.4 Å². The topological polar surface area (TPSA) is 113 Å². The van der Waals surface area contributed by atoms with Crippen molar-refractivity contribution in [1.29, 1.82) is 0 Å². The minimum Gasteiger partial charge on any atom is -0.456 e. The van der Waals surface area contributed by atoms with E-state index in [1.165, 1.54) is 10.8 Å². The number of para-hydroxylation sites is 3. The first-order chi connectivity index (χ1) is 52.9. The normalized spacial score (nSPS) is 11.8. The summed E-state index contributed by atoms with van der Waals surface area (Å²) >= 11 is 0. The summed E-state index contributed by atoms with van der Waals surface area (Å²) in [5.41, 5.74) is 24.7. The first-order valence-corrected chi connectivity index (χ1v) is 36.0. The SMILES string of the molecule is Cc1cc2oc3cccc(-c4nc(-c5ccccc5)nc(-c5ccccc5)n4)c3c2cc1-c1ccc2c(c1)c1cc(-c3ccc(-c4nc(-c5ccccc5)nc(-c5cccc6oc7c(-c8ccccc8)cc(-c8ccc9c(c8)c8ccccc8n9-c8ccccc8)cc7c56)n4)cc3)ccc1n2-c1ccccc1. The molecule has 0 aliphatic carbocycles. The lowest BCUT2D eigenvalue weighted by atomic mass is 9.94. The summed E-state index contributed by atoms with van der Waals surface area (Å²) in [6.07, 6.45) is 0. The van der Waals surface area contributed by atoms with Crippen LogP contribution >= 0.6 is 0 Å². The third-order valence-electron chi connectivity index (χ3n) is 21.0. The van der Waals surface area contributed by atoms with Crippen LogP contribution in [0.2, 0.25) is 0 Å². The van der Waals surface area contributed by atoms with Crippen LogP contribution in [0.1, 0.15) is 5.56 Å². The molecule has 0 spiro atoms. The van der Waals surface area contributed by atoms with Crippen molar-refractivity contribution >= 4 is 87.5 Å². The van der Waals surface area contributed by atoms with E-state index < -0.39 is 0 Å². The summed E-state index contributed by atoms with van der Waals surface area (Å²) in [7, 11) is 0. The maximum absolute atomic E-state index is 7.04. The smallest absolute Gasteiger partial charge is 0.164 e. The van der Waals surface area contributed by atoms with Crippen LogP contribution in [0.4, 0.5) is 0 Å². The van der Waals surface area contributed by atoms with Crippen molar-refractivity contribution in [3.05, 3.63) is 351 Å². The van der Waals surface area contributed by atoms with Crippen molar-refractivity contribution in [2.75, 3.05) is 0 Å². The largest absolute Gasteiger partial charge is 0.456 e. The molecular formula is C97H60N8O2. The third kappa shape index (κ3) is 10.4. The summed E-state index contributed by atoms with van der Waals surface area (Å²) in [4.78, 5) is 31.4. The molecular weight excluding hydrogens is 1310 g/mol. The molecule has 6 aromatic heterocycles. The fourth-order valence-electron chi connectivity index (χ4n) is 15.9. The second-order valence-corrected chi connectivity index (χ2v) is 27.3. The van der Waals surface area contributed by atoms with Gasteiger partial charge in [-0.3, -0.25) is 0 Å². The first kappa shape index (κ1) is 61.2. The molecule has 0 bridgehead atoms. The molecule has 0 saturated heterocycles. The summed E-state index contributed by atoms with van der Waals surface area (Å²) in [6, 6.07) is 121. The number of nitrogens with zero attached hydrogens (tertiary/aromatic N) is 8. The van der Waals surface area contributed by atoms with Gasteiger partial charge in [-0.05, 0) is 155 Å². The Morgan fingerprint density at radius 1 is 0.215 bits per heavy atom. The van der Waals surface area contributed by atoms with E-state index in [-0.39, 0.29) is 0 Å². The molecule has 10 nitrogen and oxygen atoms in total. The second kappa shape index (κ2) is 24.9. The van der Waals surface area contributed by atoms with Crippen LogP contribution in [0.5, 0.6) is 0 Å². The number of benzene rings is 15. The molecule has 15 aromatic carbocycles. The van der Waals surface area contributed by atoms with Crippen LogP contribution in [-0.4, -0.2) is 39.0 Å². The van der Waals surface area contributed by atoms with Gasteiger partial charge in [-0.15, -0.1) is 0 Å². The van der Waals surface area contributed by atoms with Crippen LogP contribution in [0.15, 0.2) is 355 Å². The van der Waals surface area contributed by atoms with Gasteiger partial charge in [-0.1, -0.05) is 243 Å². The monoisotopic (exact) mass is 1370 g/mol. The summed E-state index contributed by atoms with van der Waals surface area (Å²) in [6.45, 7) is 2.17. The van der Waals surface area contributed by atoms with E-state index in [2.05, 4.69) is 265 Å². The minimum atomic E-state index is 0.542. The van der Waals surface area contributed by atoms with Gasteiger partial charge < -0.3 is 18.0 Å². The average molecular weight is 1370 g/mol. The van der Waals surface area contributed by atoms with E-state index >= 15 is 0 Å². The molecule has 10 heteroatoms. The van der Waals surface area contributed by atoms with Gasteiger partial charge in [-0.2, -0.15) is 0 Å². The summed E-state index contributed by atoms with van der Waals surface area (Å²) in [5, 5.41) is 8.46. The van der Waals surface area contributed by atoms with E-state index in [0.29, 0.717) is 34.9 Å². The molecule has 0 fully saturated rings. The molecule has 21 rings (SSSR count). The molecule has 0 amide bonds. The standard InChI is InChI=1S/C97H60N8O2/c1-59-52-88-80(89-73(37-22-40-86(89)106-88)96-100-92(62-26-10-3-11-27-62)98-93(101-96)63-28-12-4-13-29-63)58-75(59)68-48-51-85-79(55-68)78-53-66(46-49-84(78)105(85)71-34-18-7-19-35-71)60-42-44-65(45-43-60)95-99-94(64-30-14-5-15-31-64)102-97(103-95)74-38-23-41-87-90(74)81-57-69(56-76(91(81)107-87)61-24-8-2-9-25-61)67-47-50-83-77(54-67)72-36-20-21-39-82(72)104(83)70-32-16-6-17-33-70/h2-58H,1H3. The molecule has 0 atom stereocenters. The molecule has 21 aromatic rings. The zero-order valence-electron chi connectivity index (χ0n) is 57.8. The average Bonchev–Trinajstić information content (AvgIpc) is 1.59. The Labute approximate surface area is 614 Å². The van der Waals surface area contributed by atoms with Gasteiger partial charge in [0.1, 0.15) is 22.3 Å². The van der Waals surface area contributed by atoms with Crippen molar-refractivity contribution in [3.63, 3.8) is 0 Å². The zero-order chi connectivity index (χ0) is 70.6. The lowest BCUT2D eigenvalue weighted by Gasteiger charge is -2.11. The Morgan fingerprint density at radius 2 is 0.598 bits per heavy atom. The van der Waals surface area contributed by atoms with Crippen molar-refractivity contribution in [3.8, 4) is 124 Å². The Bertz CT molecular complexity index is 7040. The Kier molecular flexibility index (Phi) is 14.2. The zero-order valence-corrected chi connectivity index (χ0v) is 57.8. The molecule has 0 aliphatic rings. The highest BCUT2D eigenvalue weighted by molar-refractivity contribution is 6.18. The highest BCUT2D eigenvalue weighted by atomic mass is 16.3. The number of aryl methyl sites for hydroxylation is 1. The number of hydrogen-bond donors (Lipinski definition) is 0. The molecule has 0 saturated carbocycles. The van der Waals surface area contributed by atoms with Gasteiger partial charge in [0.15, 0.2) is 34.9 Å². The van der Waals surface area contributed by atoms with Crippen molar-refractivity contribution in [1.82, 2.24) is 39.0 Å². The first-order valence-electron chi connectivity index (χ1n) is 36.0. The van der Waals surface area contributed by atoms with Gasteiger partial charge in [0.2, 0.25) is 0 Å². The number of rotatable bonds is 12. The minimum absolute atomic E-state index is 0.542. The molecule has 500 valence electrons. The molecule has 0 radical (unpaired) electrons. The molecule has 107 heavy (non-hydrogen) atoms. The lowest BCUT2D eigenvalue weighted by molar-refractivity contribution is 0.668. The van der Waals surface area contributed by atoms with Gasteiger partial charge in [-0.25, -0.2) is 29.9 Å². The molecule has 0 unspecified atom stereocenters. The number of fused-ring (bicyclic) bond motifs is 12. The van der Waals surface area contributed by atoms with E-state index in [0.717, 1.165) is 172 Å². The van der Waals surface area contributed by atoms with Gasteiger partial charge >= 0.3 is 0 Å². The lowest BCUT2D eigenvalue weighted by Crippen LogP contribution is -2.00. The molecule has 0 N–H and O–H groups in total. The summed E-state index contributed by atoms with van der Waals surface area (Å²) in [5.74, 6) is 3.44. The molecule has 6 heterocycles. The highest BCUT2D eigenvalue weighted by Crippen LogP contribution is 2.47. The Morgan fingerprint density at radius 3 is 1.13 bits per heavy atom. The van der Waals surface area contributed by atoms with Crippen LogP contribution < -0.4 is 0 Å². The predicted molar refractivity (Wildman–Crippen MR) is 436 cm³/mol. The fourth-order valence-corrected chi connectivity index (χ4v) is 15.9. The van der Waals surface area contributed by atoms with Crippen molar-refractivity contribution < 1.29 is 8.83 Å². The van der Waals surface area contributed by atoms with E-state index in [4.69, 9.17) is 38.7 Å². The van der Waals surface area contributed by atoms with E-state index in [1.807, 2.05) is 97.1 Å². The van der Waals surface area contributed by atoms with Gasteiger partial charge in [0.25, 0.3) is 0 Å². The van der Waals surface area contributed by atoms with Gasteiger partial charge in [0.05, 0.1) is 22.1 Å². The van der Waals surface area contributed by atoms with Crippen LogP contribution in [-0.2, 0) is 0 Å². The van der Waals surface area contributed by atoms with Crippen LogP contribution in [0.25, 0.3) is 212 Å². The maximum atomic E-state index is 7.04. The number of furan rings is 2. The third-order valence-corrected chi connectivity index (χ3v) is 21.0. The number of aromatic nitrogens is 8. The quantitative estimate of drug-likeness (QED) is 0.119. The fraction of sp³-hybridized carbons (Fsp3) is 0.0103. The highest BCUT2D eigenvalue weighted by Gasteiger charge is 2.25. The van der Waals surface area contributed by atoms with Crippen molar-refractivity contribution in [2.24, 2.45) is 0 Å². The van der Waals surface area contributed by atoms with E-state index in [9.17, 15) is 0 Å². The van der Waals surface area contributed by atoms with Crippen molar-refractivity contribution in [2.45, 2.75) is 6.92 Å². The summed E-state index contributed by atoms with van der Waals surface area (Å²) < 4.78 is 18.5. The Balaban J connectivity index is 0.674. The maximum Gasteiger partial charge on any atom is 0.164 e. The predicted octanol–water partition coefficient (Wildman–Crippen LogP) is 25.0. The Hall–Kier alpha value is -14.5. The second-order valence-electron chi connectivity index (χ2n) is 27.3. The van der Waals surface area contributed by atoms with Crippen LogP contribution in [0.3, 0.4) is 0 Å². The van der Waals surface area contributed by atoms with Crippen LogP contribution in [0, 0.1) is 6.92 Å². The molecule has 0 aliphatic heterocycles. The number of hydrogen-bond acceptors (Lipinski definition) is 8. The van der Waals surface area contributed by atoms with E-state index in [1.54, 1.807) is 0 Å².